The Labute approximate surface area is 133 Å². The number of morpholine rings is 1. The molecule has 2 atom stereocenters. The Morgan fingerprint density at radius 3 is 2.57 bits per heavy atom. The van der Waals surface area contributed by atoms with Crippen molar-refractivity contribution in [3.63, 3.8) is 0 Å². The molecule has 0 unspecified atom stereocenters. The maximum absolute atomic E-state index is 12.5. The van der Waals surface area contributed by atoms with E-state index in [1.807, 2.05) is 13.8 Å². The van der Waals surface area contributed by atoms with Crippen molar-refractivity contribution in [3.8, 4) is 0 Å². The van der Waals surface area contributed by atoms with E-state index in [4.69, 9.17) is 4.74 Å². The number of rotatable bonds is 4. The molecule has 1 aromatic carbocycles. The van der Waals surface area contributed by atoms with Gasteiger partial charge in [-0.15, -0.1) is 0 Å². The van der Waals surface area contributed by atoms with Gasteiger partial charge in [0.1, 0.15) is 6.61 Å². The van der Waals surface area contributed by atoms with E-state index in [0.717, 1.165) is 0 Å². The van der Waals surface area contributed by atoms with E-state index in [9.17, 15) is 18.0 Å². The standard InChI is InChI=1S/C16H20F3NO3/c1-11-8-23-12(2)7-20(11)15(21)14-5-3-13(4-6-14)9-22-10-16(17,18)19/h3-6,11-12H,7-10H2,1-2H3/t11-,12-/m0/s1. The topological polar surface area (TPSA) is 38.8 Å². The number of carbonyl (C=O) groups excluding carboxylic acids is 1. The molecule has 0 aromatic heterocycles. The minimum atomic E-state index is -4.33. The van der Waals surface area contributed by atoms with Crippen molar-refractivity contribution in [2.75, 3.05) is 19.8 Å². The quantitative estimate of drug-likeness (QED) is 0.851. The van der Waals surface area contributed by atoms with Crippen LogP contribution in [0.5, 0.6) is 0 Å². The number of halogens is 3. The number of hydrogen-bond donors (Lipinski definition) is 0. The average Bonchev–Trinajstić information content (AvgIpc) is 2.48. The molecule has 2 rings (SSSR count). The van der Waals surface area contributed by atoms with E-state index >= 15 is 0 Å². The summed E-state index contributed by atoms with van der Waals surface area (Å²) in [5, 5.41) is 0. The van der Waals surface area contributed by atoms with Gasteiger partial charge in [0.25, 0.3) is 5.91 Å². The van der Waals surface area contributed by atoms with E-state index in [-0.39, 0.29) is 24.7 Å². The Morgan fingerprint density at radius 1 is 1.30 bits per heavy atom. The molecule has 128 valence electrons. The zero-order valence-electron chi connectivity index (χ0n) is 13.1. The second-order valence-corrected chi connectivity index (χ2v) is 5.76. The lowest BCUT2D eigenvalue weighted by atomic mass is 10.1. The highest BCUT2D eigenvalue weighted by Gasteiger charge is 2.28. The predicted molar refractivity (Wildman–Crippen MR) is 78.1 cm³/mol. The van der Waals surface area contributed by atoms with Gasteiger partial charge in [0.05, 0.1) is 25.4 Å². The molecule has 7 heteroatoms. The average molecular weight is 331 g/mol. The fraction of sp³-hybridized carbons (Fsp3) is 0.562. The second kappa shape index (κ2) is 7.31. The van der Waals surface area contributed by atoms with E-state index in [1.165, 1.54) is 0 Å². The van der Waals surface area contributed by atoms with Crippen molar-refractivity contribution in [1.82, 2.24) is 4.90 Å². The molecule has 0 saturated carbocycles. The van der Waals surface area contributed by atoms with E-state index in [2.05, 4.69) is 4.74 Å². The molecule has 4 nitrogen and oxygen atoms in total. The van der Waals surface area contributed by atoms with Crippen molar-refractivity contribution in [1.29, 1.82) is 0 Å². The summed E-state index contributed by atoms with van der Waals surface area (Å²) in [6.07, 6.45) is -4.34. The zero-order valence-corrected chi connectivity index (χ0v) is 13.1. The number of ether oxygens (including phenoxy) is 2. The molecule has 1 aromatic rings. The van der Waals surface area contributed by atoms with Crippen molar-refractivity contribution >= 4 is 5.91 Å². The summed E-state index contributed by atoms with van der Waals surface area (Å²) >= 11 is 0. The first-order valence-corrected chi connectivity index (χ1v) is 7.42. The van der Waals surface area contributed by atoms with Crippen LogP contribution in [-0.2, 0) is 16.1 Å². The van der Waals surface area contributed by atoms with Gasteiger partial charge < -0.3 is 14.4 Å². The molecule has 1 amide bonds. The van der Waals surface area contributed by atoms with Crippen LogP contribution in [0.25, 0.3) is 0 Å². The van der Waals surface area contributed by atoms with Crippen LogP contribution in [-0.4, -0.2) is 48.9 Å². The normalized spacial score (nSPS) is 22.2. The van der Waals surface area contributed by atoms with Crippen LogP contribution < -0.4 is 0 Å². The summed E-state index contributed by atoms with van der Waals surface area (Å²) in [5.41, 5.74) is 1.10. The number of hydrogen-bond acceptors (Lipinski definition) is 3. The number of carbonyl (C=O) groups is 1. The van der Waals surface area contributed by atoms with Crippen molar-refractivity contribution < 1.29 is 27.4 Å². The summed E-state index contributed by atoms with van der Waals surface area (Å²) in [4.78, 5) is 14.3. The molecule has 0 spiro atoms. The first-order valence-electron chi connectivity index (χ1n) is 7.42. The molecule has 0 N–H and O–H groups in total. The third-order valence-electron chi connectivity index (χ3n) is 3.60. The van der Waals surface area contributed by atoms with Crippen molar-refractivity contribution in [3.05, 3.63) is 35.4 Å². The lowest BCUT2D eigenvalue weighted by molar-refractivity contribution is -0.176. The molecule has 0 radical (unpaired) electrons. The number of benzene rings is 1. The number of nitrogens with zero attached hydrogens (tertiary/aromatic N) is 1. The first-order chi connectivity index (χ1) is 10.8. The monoisotopic (exact) mass is 331 g/mol. The Bertz CT molecular complexity index is 530. The molecule has 0 bridgehead atoms. The highest BCUT2D eigenvalue weighted by molar-refractivity contribution is 5.94. The van der Waals surface area contributed by atoms with Gasteiger partial charge in [-0.25, -0.2) is 0 Å². The third-order valence-corrected chi connectivity index (χ3v) is 3.60. The summed E-state index contributed by atoms with van der Waals surface area (Å²) in [6.45, 7) is 3.43. The molecular formula is C16H20F3NO3. The molecule has 1 heterocycles. The SMILES string of the molecule is C[C@H]1CN(C(=O)c2ccc(COCC(F)(F)F)cc2)[C@@H](C)CO1. The summed E-state index contributed by atoms with van der Waals surface area (Å²) in [5.74, 6) is -0.101. The maximum atomic E-state index is 12.5. The Balaban J connectivity index is 1.94. The second-order valence-electron chi connectivity index (χ2n) is 5.76. The number of amides is 1. The van der Waals surface area contributed by atoms with Gasteiger partial charge in [-0.1, -0.05) is 12.1 Å². The van der Waals surface area contributed by atoms with Gasteiger partial charge in [0.15, 0.2) is 0 Å². The van der Waals surface area contributed by atoms with Crippen LogP contribution in [0.2, 0.25) is 0 Å². The van der Waals surface area contributed by atoms with Crippen LogP contribution in [0.15, 0.2) is 24.3 Å². The summed E-state index contributed by atoms with van der Waals surface area (Å²) < 4.78 is 46.1. The Hall–Kier alpha value is -1.60. The predicted octanol–water partition coefficient (Wildman–Crippen LogP) is 3.01. The number of alkyl halides is 3. The van der Waals surface area contributed by atoms with Crippen LogP contribution in [0.3, 0.4) is 0 Å². The molecule has 1 aliphatic rings. The Morgan fingerprint density at radius 2 is 1.96 bits per heavy atom. The minimum Gasteiger partial charge on any atom is -0.375 e. The maximum Gasteiger partial charge on any atom is 0.411 e. The first kappa shape index (κ1) is 17.7. The minimum absolute atomic E-state index is 0.00602. The van der Waals surface area contributed by atoms with Gasteiger partial charge in [-0.2, -0.15) is 13.2 Å². The molecule has 1 saturated heterocycles. The lowest BCUT2D eigenvalue weighted by Gasteiger charge is -2.36. The van der Waals surface area contributed by atoms with E-state index in [1.54, 1.807) is 29.2 Å². The third kappa shape index (κ3) is 5.21. The molecule has 0 aliphatic carbocycles. The molecule has 23 heavy (non-hydrogen) atoms. The van der Waals surface area contributed by atoms with Gasteiger partial charge >= 0.3 is 6.18 Å². The van der Waals surface area contributed by atoms with Gasteiger partial charge in [0, 0.05) is 12.1 Å². The van der Waals surface area contributed by atoms with E-state index in [0.29, 0.717) is 24.3 Å². The Kier molecular flexibility index (Phi) is 5.64. The molecule has 1 fully saturated rings. The van der Waals surface area contributed by atoms with E-state index < -0.39 is 12.8 Å². The van der Waals surface area contributed by atoms with Crippen LogP contribution in [0.1, 0.15) is 29.8 Å². The van der Waals surface area contributed by atoms with Crippen molar-refractivity contribution in [2.45, 2.75) is 38.8 Å². The van der Waals surface area contributed by atoms with Gasteiger partial charge in [-0.3, -0.25) is 4.79 Å². The van der Waals surface area contributed by atoms with Crippen molar-refractivity contribution in [2.24, 2.45) is 0 Å². The zero-order chi connectivity index (χ0) is 17.0. The van der Waals surface area contributed by atoms with Crippen LogP contribution in [0, 0.1) is 0 Å². The largest absolute Gasteiger partial charge is 0.411 e. The lowest BCUT2D eigenvalue weighted by Crippen LogP contribution is -2.50. The van der Waals surface area contributed by atoms with Gasteiger partial charge in [0.2, 0.25) is 0 Å². The summed E-state index contributed by atoms with van der Waals surface area (Å²) in [7, 11) is 0. The van der Waals surface area contributed by atoms with Gasteiger partial charge in [-0.05, 0) is 31.5 Å². The summed E-state index contributed by atoms with van der Waals surface area (Å²) in [6, 6.07) is 6.44. The van der Waals surface area contributed by atoms with Crippen LogP contribution in [0.4, 0.5) is 13.2 Å². The fourth-order valence-electron chi connectivity index (χ4n) is 2.38. The highest BCUT2D eigenvalue weighted by Crippen LogP contribution is 2.18. The fourth-order valence-corrected chi connectivity index (χ4v) is 2.38. The molecular weight excluding hydrogens is 311 g/mol. The highest BCUT2D eigenvalue weighted by atomic mass is 19.4. The van der Waals surface area contributed by atoms with Crippen LogP contribution >= 0.6 is 0 Å². The molecule has 1 aliphatic heterocycles. The smallest absolute Gasteiger partial charge is 0.375 e.